The van der Waals surface area contributed by atoms with Gasteiger partial charge < -0.3 is 9.73 Å². The van der Waals surface area contributed by atoms with Crippen LogP contribution in [0.25, 0.3) is 11.0 Å². The van der Waals surface area contributed by atoms with Crippen LogP contribution in [0.15, 0.2) is 62.5 Å². The number of aromatic nitrogens is 1. The topological polar surface area (TPSA) is 72.2 Å². The summed E-state index contributed by atoms with van der Waals surface area (Å²) in [6, 6.07) is 10.4. The number of pyridine rings is 1. The van der Waals surface area contributed by atoms with Gasteiger partial charge >= 0.3 is 5.63 Å². The van der Waals surface area contributed by atoms with Crippen LogP contribution in [0.3, 0.4) is 0 Å². The van der Waals surface area contributed by atoms with Crippen LogP contribution in [0.5, 0.6) is 0 Å². The fourth-order valence-corrected chi connectivity index (χ4v) is 2.41. The lowest BCUT2D eigenvalue weighted by Gasteiger charge is -2.05. The van der Waals surface area contributed by atoms with Gasteiger partial charge in [-0.3, -0.25) is 9.78 Å². The van der Waals surface area contributed by atoms with Crippen molar-refractivity contribution in [3.05, 3.63) is 74.8 Å². The number of nitrogens with one attached hydrogen (secondary N) is 1. The van der Waals surface area contributed by atoms with Gasteiger partial charge in [-0.05, 0) is 42.0 Å². The molecule has 0 aliphatic rings. The second-order valence-corrected chi connectivity index (χ2v) is 5.58. The molecule has 110 valence electrons. The molecule has 0 unspecified atom stereocenters. The van der Waals surface area contributed by atoms with E-state index in [0.29, 0.717) is 17.5 Å². The molecule has 3 rings (SSSR count). The van der Waals surface area contributed by atoms with Crippen LogP contribution in [0, 0.1) is 0 Å². The summed E-state index contributed by atoms with van der Waals surface area (Å²) < 4.78 is 6.02. The molecule has 0 saturated carbocycles. The molecule has 0 bridgehead atoms. The lowest BCUT2D eigenvalue weighted by Crippen LogP contribution is -2.27. The van der Waals surface area contributed by atoms with Gasteiger partial charge in [-0.2, -0.15) is 0 Å². The zero-order chi connectivity index (χ0) is 15.5. The second kappa shape index (κ2) is 6.11. The number of halogens is 1. The third kappa shape index (κ3) is 3.07. The van der Waals surface area contributed by atoms with Crippen molar-refractivity contribution in [1.82, 2.24) is 10.3 Å². The Morgan fingerprint density at radius 3 is 2.73 bits per heavy atom. The maximum atomic E-state index is 12.2. The lowest BCUT2D eigenvalue weighted by atomic mass is 10.1. The number of carbonyl (C=O) groups is 1. The zero-order valence-corrected chi connectivity index (χ0v) is 13.0. The molecular weight excluding hydrogens is 348 g/mol. The van der Waals surface area contributed by atoms with Gasteiger partial charge in [-0.1, -0.05) is 15.9 Å². The summed E-state index contributed by atoms with van der Waals surface area (Å²) in [5.74, 6) is -0.465. The van der Waals surface area contributed by atoms with Crippen LogP contribution in [-0.2, 0) is 6.54 Å². The van der Waals surface area contributed by atoms with Crippen molar-refractivity contribution in [2.24, 2.45) is 0 Å². The van der Waals surface area contributed by atoms with Crippen LogP contribution < -0.4 is 10.9 Å². The van der Waals surface area contributed by atoms with Gasteiger partial charge in [0.25, 0.3) is 5.91 Å². The highest BCUT2D eigenvalue weighted by Gasteiger charge is 2.13. The van der Waals surface area contributed by atoms with E-state index in [-0.39, 0.29) is 5.56 Å². The van der Waals surface area contributed by atoms with Gasteiger partial charge in [-0.15, -0.1) is 0 Å². The monoisotopic (exact) mass is 358 g/mol. The summed E-state index contributed by atoms with van der Waals surface area (Å²) in [7, 11) is 0. The van der Waals surface area contributed by atoms with Crippen molar-refractivity contribution in [3.63, 3.8) is 0 Å². The molecule has 2 aromatic heterocycles. The maximum absolute atomic E-state index is 12.2. The van der Waals surface area contributed by atoms with Gasteiger partial charge in [0.05, 0.1) is 0 Å². The average Bonchev–Trinajstić information content (AvgIpc) is 2.53. The lowest BCUT2D eigenvalue weighted by molar-refractivity contribution is 0.0947. The average molecular weight is 359 g/mol. The number of fused-ring (bicyclic) bond motifs is 1. The number of amides is 1. The highest BCUT2D eigenvalue weighted by atomic mass is 79.9. The van der Waals surface area contributed by atoms with Crippen LogP contribution in [-0.4, -0.2) is 10.9 Å². The Morgan fingerprint density at radius 2 is 1.95 bits per heavy atom. The maximum Gasteiger partial charge on any atom is 0.349 e. The van der Waals surface area contributed by atoms with Gasteiger partial charge in [0, 0.05) is 28.8 Å². The number of rotatable bonds is 3. The summed E-state index contributed by atoms with van der Waals surface area (Å²) in [5.41, 5.74) is 0.678. The van der Waals surface area contributed by atoms with Gasteiger partial charge in [0.2, 0.25) is 0 Å². The Kier molecular flexibility index (Phi) is 4.02. The van der Waals surface area contributed by atoms with E-state index in [2.05, 4.69) is 26.2 Å². The third-order valence-corrected chi connectivity index (χ3v) is 3.63. The molecular formula is C16H11BrN2O3. The van der Waals surface area contributed by atoms with Crippen LogP contribution in [0.2, 0.25) is 0 Å². The fourth-order valence-electron chi connectivity index (χ4n) is 2.03. The summed E-state index contributed by atoms with van der Waals surface area (Å²) in [4.78, 5) is 28.0. The van der Waals surface area contributed by atoms with E-state index in [1.807, 2.05) is 0 Å². The minimum atomic E-state index is -0.651. The number of hydrogen-bond acceptors (Lipinski definition) is 4. The van der Waals surface area contributed by atoms with E-state index in [1.54, 1.807) is 42.7 Å². The molecule has 5 nitrogen and oxygen atoms in total. The molecule has 1 N–H and O–H groups in total. The van der Waals surface area contributed by atoms with Crippen molar-refractivity contribution in [3.8, 4) is 0 Å². The molecule has 3 aromatic rings. The molecule has 0 aliphatic heterocycles. The van der Waals surface area contributed by atoms with Crippen molar-refractivity contribution >= 4 is 32.8 Å². The molecule has 1 amide bonds. The molecule has 1 aromatic carbocycles. The van der Waals surface area contributed by atoms with Crippen LogP contribution in [0.1, 0.15) is 15.9 Å². The van der Waals surface area contributed by atoms with E-state index in [9.17, 15) is 9.59 Å². The molecule has 0 saturated heterocycles. The number of carbonyl (C=O) groups excluding carboxylic acids is 1. The predicted molar refractivity (Wildman–Crippen MR) is 85.6 cm³/mol. The second-order valence-electron chi connectivity index (χ2n) is 4.67. The molecule has 22 heavy (non-hydrogen) atoms. The van der Waals surface area contributed by atoms with E-state index in [0.717, 1.165) is 10.0 Å². The quantitative estimate of drug-likeness (QED) is 0.730. The molecule has 0 atom stereocenters. The largest absolute Gasteiger partial charge is 0.422 e. The van der Waals surface area contributed by atoms with E-state index >= 15 is 0 Å². The van der Waals surface area contributed by atoms with E-state index in [4.69, 9.17) is 4.42 Å². The normalized spacial score (nSPS) is 10.6. The summed E-state index contributed by atoms with van der Waals surface area (Å²) in [6.45, 7) is 0.317. The molecule has 0 spiro atoms. The summed E-state index contributed by atoms with van der Waals surface area (Å²) in [6.07, 6.45) is 3.28. The van der Waals surface area contributed by atoms with Crippen LogP contribution in [0.4, 0.5) is 0 Å². The number of nitrogens with zero attached hydrogens (tertiary/aromatic N) is 1. The minimum absolute atomic E-state index is 0.0142. The Balaban J connectivity index is 1.87. The first-order valence-corrected chi connectivity index (χ1v) is 7.33. The van der Waals surface area contributed by atoms with Crippen molar-refractivity contribution in [1.29, 1.82) is 0 Å². The highest BCUT2D eigenvalue weighted by Crippen LogP contribution is 2.19. The molecule has 6 heteroatoms. The van der Waals surface area contributed by atoms with E-state index in [1.165, 1.54) is 6.07 Å². The zero-order valence-electron chi connectivity index (χ0n) is 11.4. The summed E-state index contributed by atoms with van der Waals surface area (Å²) in [5, 5.41) is 3.38. The Hall–Kier alpha value is -2.47. The predicted octanol–water partition coefficient (Wildman–Crippen LogP) is 2.88. The van der Waals surface area contributed by atoms with Crippen molar-refractivity contribution in [2.75, 3.05) is 0 Å². The third-order valence-electron chi connectivity index (χ3n) is 3.14. The first-order valence-electron chi connectivity index (χ1n) is 6.54. The summed E-state index contributed by atoms with van der Waals surface area (Å²) >= 11 is 3.35. The van der Waals surface area contributed by atoms with E-state index < -0.39 is 11.5 Å². The van der Waals surface area contributed by atoms with Gasteiger partial charge in [-0.25, -0.2) is 4.79 Å². The standard InChI is InChI=1S/C16H11BrN2O3/c17-12-1-2-14-11(7-12)8-13(16(21)22-14)15(20)19-9-10-3-5-18-6-4-10/h1-8H,9H2,(H,19,20). The molecule has 2 heterocycles. The van der Waals surface area contributed by atoms with Gasteiger partial charge in [0.15, 0.2) is 0 Å². The minimum Gasteiger partial charge on any atom is -0.422 e. The Labute approximate surface area is 134 Å². The highest BCUT2D eigenvalue weighted by molar-refractivity contribution is 9.10. The fraction of sp³-hybridized carbons (Fsp3) is 0.0625. The Morgan fingerprint density at radius 1 is 1.18 bits per heavy atom. The number of benzene rings is 1. The first-order chi connectivity index (χ1) is 10.6. The van der Waals surface area contributed by atoms with Gasteiger partial charge in [0.1, 0.15) is 11.1 Å². The van der Waals surface area contributed by atoms with Crippen molar-refractivity contribution < 1.29 is 9.21 Å². The number of hydrogen-bond donors (Lipinski definition) is 1. The smallest absolute Gasteiger partial charge is 0.349 e. The SMILES string of the molecule is O=C(NCc1ccncc1)c1cc2cc(Br)ccc2oc1=O. The van der Waals surface area contributed by atoms with Crippen molar-refractivity contribution in [2.45, 2.75) is 6.54 Å². The molecule has 0 radical (unpaired) electrons. The van der Waals surface area contributed by atoms with Crippen LogP contribution >= 0.6 is 15.9 Å². The molecule has 0 fully saturated rings. The Bertz CT molecular complexity index is 891. The molecule has 0 aliphatic carbocycles. The first kappa shape index (κ1) is 14.5.